The molecule has 1 atom stereocenters. The van der Waals surface area contributed by atoms with Crippen molar-refractivity contribution in [3.63, 3.8) is 0 Å². The van der Waals surface area contributed by atoms with Crippen LogP contribution in [0.3, 0.4) is 0 Å². The molecule has 0 N–H and O–H groups in total. The minimum Gasteiger partial charge on any atom is -0.305 e. The molecule has 0 aliphatic heterocycles. The van der Waals surface area contributed by atoms with E-state index in [2.05, 4.69) is 49.4 Å². The molecule has 0 rings (SSSR count). The predicted octanol–water partition coefficient (Wildman–Crippen LogP) is 7.33. The van der Waals surface area contributed by atoms with Crippen molar-refractivity contribution < 1.29 is 4.48 Å². The largest absolute Gasteiger partial charge is 0.305 e. The fourth-order valence-electron chi connectivity index (χ4n) is 3.38. The Kier molecular flexibility index (Phi) is 16.9. The lowest BCUT2D eigenvalue weighted by molar-refractivity contribution is -0.908. The van der Waals surface area contributed by atoms with Gasteiger partial charge in [-0.1, -0.05) is 78.1 Å². The first-order chi connectivity index (χ1) is 11.6. The van der Waals surface area contributed by atoms with Gasteiger partial charge in [0, 0.05) is 22.6 Å². The molecule has 0 aliphatic rings. The van der Waals surface area contributed by atoms with Gasteiger partial charge in [0.15, 0.2) is 4.05 Å². The summed E-state index contributed by atoms with van der Waals surface area (Å²) in [6.45, 7) is 7.07. The highest BCUT2D eigenvalue weighted by Gasteiger charge is 2.27. The molecule has 142 valence electrons. The van der Waals surface area contributed by atoms with E-state index >= 15 is 0 Å². The van der Waals surface area contributed by atoms with Crippen LogP contribution in [0, 0.1) is 12.3 Å². The Balaban J connectivity index is 3.94. The minimum absolute atomic E-state index is 0.322. The lowest BCUT2D eigenvalue weighted by atomic mass is 10.1. The molecule has 0 aliphatic carbocycles. The monoisotopic (exact) mass is 448 g/mol. The third-order valence-corrected chi connectivity index (χ3v) is 6.93. The number of rotatable bonds is 17. The van der Waals surface area contributed by atoms with Gasteiger partial charge in [0.1, 0.15) is 0 Å². The van der Waals surface area contributed by atoms with Gasteiger partial charge in [-0.05, 0) is 31.6 Å². The molecule has 0 radical (unpaired) electrons. The zero-order chi connectivity index (χ0) is 18.1. The minimum atomic E-state index is 0.322. The van der Waals surface area contributed by atoms with Gasteiger partial charge in [0.2, 0.25) is 0 Å². The number of hydrogen-bond acceptors (Lipinski definition) is 0. The van der Waals surface area contributed by atoms with E-state index in [1.807, 2.05) is 0 Å². The van der Waals surface area contributed by atoms with Crippen LogP contribution < -0.4 is 0 Å². The van der Waals surface area contributed by atoms with Gasteiger partial charge in [0.25, 0.3) is 0 Å². The highest BCUT2D eigenvalue weighted by Crippen LogP contribution is 2.21. The predicted molar refractivity (Wildman–Crippen MR) is 119 cm³/mol. The summed E-state index contributed by atoms with van der Waals surface area (Å²) in [5.41, 5.74) is 0. The van der Waals surface area contributed by atoms with Crippen LogP contribution in [0.25, 0.3) is 0 Å². The van der Waals surface area contributed by atoms with Crippen molar-refractivity contribution in [2.45, 2.75) is 108 Å². The van der Waals surface area contributed by atoms with Crippen LogP contribution >= 0.6 is 22.6 Å². The molecule has 0 saturated carbocycles. The van der Waals surface area contributed by atoms with Gasteiger partial charge < -0.3 is 4.48 Å². The number of quaternary nitrogens is 1. The lowest BCUT2D eigenvalue weighted by Crippen LogP contribution is -2.50. The second-order valence-electron chi connectivity index (χ2n) is 7.67. The number of unbranched alkanes of at least 4 members (excludes halogenated alkanes) is 12. The van der Waals surface area contributed by atoms with Crippen LogP contribution in [-0.2, 0) is 0 Å². The van der Waals surface area contributed by atoms with E-state index in [1.54, 1.807) is 0 Å². The summed E-state index contributed by atoms with van der Waals surface area (Å²) in [5.74, 6) is 3.00. The van der Waals surface area contributed by atoms with E-state index in [9.17, 15) is 0 Å². The van der Waals surface area contributed by atoms with Crippen molar-refractivity contribution in [3.05, 3.63) is 0 Å². The quantitative estimate of drug-likeness (QED) is 0.0546. The number of terminal acetylenes is 1. The van der Waals surface area contributed by atoms with Crippen molar-refractivity contribution >= 4 is 22.6 Å². The SMILES string of the molecule is C#CC(I)[N+](C)(CCCCCCCCC)CCCCCCCCC. The average molecular weight is 448 g/mol. The lowest BCUT2D eigenvalue weighted by Gasteiger charge is -2.37. The van der Waals surface area contributed by atoms with Crippen molar-refractivity contribution in [2.75, 3.05) is 20.1 Å². The maximum Gasteiger partial charge on any atom is 0.200 e. The van der Waals surface area contributed by atoms with E-state index in [0.717, 1.165) is 4.48 Å². The summed E-state index contributed by atoms with van der Waals surface area (Å²) in [7, 11) is 2.38. The van der Waals surface area contributed by atoms with E-state index in [-0.39, 0.29) is 0 Å². The topological polar surface area (TPSA) is 0 Å². The molecule has 24 heavy (non-hydrogen) atoms. The first kappa shape index (κ1) is 24.2. The van der Waals surface area contributed by atoms with E-state index in [4.69, 9.17) is 6.42 Å². The van der Waals surface area contributed by atoms with Crippen molar-refractivity contribution in [2.24, 2.45) is 0 Å². The molecule has 0 bridgehead atoms. The molecule has 0 amide bonds. The molecule has 1 unspecified atom stereocenters. The van der Waals surface area contributed by atoms with Gasteiger partial charge in [0.05, 0.1) is 20.1 Å². The molecule has 0 saturated heterocycles. The maximum atomic E-state index is 5.76. The first-order valence-electron chi connectivity index (χ1n) is 10.5. The standard InChI is InChI=1S/C22H43IN/c1-5-8-10-12-14-16-18-20-24(4,22(23)7-3)21-19-17-15-13-11-9-6-2/h3,22H,5-6,8-21H2,1-2,4H3/q+1. The smallest absolute Gasteiger partial charge is 0.200 e. The summed E-state index contributed by atoms with van der Waals surface area (Å²) in [6.07, 6.45) is 25.1. The zero-order valence-corrected chi connectivity index (χ0v) is 19.0. The summed E-state index contributed by atoms with van der Waals surface area (Å²) in [5, 5.41) is 0. The molecular weight excluding hydrogens is 405 g/mol. The Morgan fingerprint density at radius 3 is 1.38 bits per heavy atom. The van der Waals surface area contributed by atoms with Crippen LogP contribution in [0.5, 0.6) is 0 Å². The zero-order valence-electron chi connectivity index (χ0n) is 16.8. The summed E-state index contributed by atoms with van der Waals surface area (Å²) in [6, 6.07) is 0. The first-order valence-corrected chi connectivity index (χ1v) is 11.8. The Morgan fingerprint density at radius 2 is 1.04 bits per heavy atom. The van der Waals surface area contributed by atoms with Crippen LogP contribution in [0.15, 0.2) is 0 Å². The second-order valence-corrected chi connectivity index (χ2v) is 8.85. The third kappa shape index (κ3) is 12.6. The highest BCUT2D eigenvalue weighted by molar-refractivity contribution is 14.1. The van der Waals surface area contributed by atoms with Gasteiger partial charge in [-0.15, -0.1) is 6.42 Å². The van der Waals surface area contributed by atoms with E-state index < -0.39 is 0 Å². The maximum absolute atomic E-state index is 5.76. The van der Waals surface area contributed by atoms with Crippen molar-refractivity contribution in [3.8, 4) is 12.3 Å². The summed E-state index contributed by atoms with van der Waals surface area (Å²) < 4.78 is 1.39. The fraction of sp³-hybridized carbons (Fsp3) is 0.909. The van der Waals surface area contributed by atoms with Gasteiger partial charge in [-0.3, -0.25) is 0 Å². The van der Waals surface area contributed by atoms with Crippen LogP contribution in [0.2, 0.25) is 0 Å². The Labute approximate surface area is 167 Å². The van der Waals surface area contributed by atoms with Gasteiger partial charge >= 0.3 is 0 Å². The van der Waals surface area contributed by atoms with Crippen LogP contribution in [0.4, 0.5) is 0 Å². The third-order valence-electron chi connectivity index (χ3n) is 5.23. The Morgan fingerprint density at radius 1 is 0.708 bits per heavy atom. The van der Waals surface area contributed by atoms with E-state index in [0.29, 0.717) is 4.05 Å². The summed E-state index contributed by atoms with van der Waals surface area (Å²) in [4.78, 5) is 0. The number of halogens is 1. The van der Waals surface area contributed by atoms with Crippen LogP contribution in [-0.4, -0.2) is 28.7 Å². The molecule has 0 fully saturated rings. The molecule has 0 aromatic carbocycles. The normalized spacial score (nSPS) is 13.0. The molecular formula is C22H43IN+. The molecule has 0 aromatic rings. The van der Waals surface area contributed by atoms with Gasteiger partial charge in [-0.2, -0.15) is 0 Å². The highest BCUT2D eigenvalue weighted by atomic mass is 127. The summed E-state index contributed by atoms with van der Waals surface area (Å²) >= 11 is 2.48. The number of nitrogens with zero attached hydrogens (tertiary/aromatic N) is 1. The van der Waals surface area contributed by atoms with Gasteiger partial charge in [-0.25, -0.2) is 0 Å². The molecule has 0 aromatic heterocycles. The molecule has 1 nitrogen and oxygen atoms in total. The van der Waals surface area contributed by atoms with Crippen molar-refractivity contribution in [1.82, 2.24) is 0 Å². The molecule has 2 heteroatoms. The number of hydrogen-bond donors (Lipinski definition) is 0. The van der Waals surface area contributed by atoms with E-state index in [1.165, 1.54) is 103 Å². The fourth-order valence-corrected chi connectivity index (χ4v) is 3.94. The average Bonchev–Trinajstić information content (AvgIpc) is 2.59. The second kappa shape index (κ2) is 16.7. The molecule has 0 heterocycles. The van der Waals surface area contributed by atoms with Crippen molar-refractivity contribution in [1.29, 1.82) is 0 Å². The Hall–Kier alpha value is 0.250. The Bertz CT molecular complexity index is 290. The number of alkyl halides is 1. The molecule has 0 spiro atoms. The van der Waals surface area contributed by atoms with Crippen LogP contribution in [0.1, 0.15) is 104 Å².